The van der Waals surface area contributed by atoms with Crippen molar-refractivity contribution in [2.45, 2.75) is 84.6 Å². The molecule has 0 heterocycles. The van der Waals surface area contributed by atoms with E-state index in [4.69, 9.17) is 8.85 Å². The van der Waals surface area contributed by atoms with Crippen LogP contribution in [0.5, 0.6) is 0 Å². The molecule has 3 heteroatoms. The maximum atomic E-state index is 5.99. The normalized spacial score (nSPS) is 14.2. The molecule has 0 saturated carbocycles. The molecule has 1 atom stereocenters. The molecule has 0 amide bonds. The van der Waals surface area contributed by atoms with Crippen LogP contribution in [0.2, 0.25) is 6.55 Å². The Balaban J connectivity index is 3.58. The van der Waals surface area contributed by atoms with E-state index in [0.717, 1.165) is 26.1 Å². The zero-order valence-electron chi connectivity index (χ0n) is 14.1. The fraction of sp³-hybridized carbons (Fsp3) is 0.882. The monoisotopic (exact) mass is 300 g/mol. The topological polar surface area (TPSA) is 18.5 Å². The quantitative estimate of drug-likeness (QED) is 0.283. The fourth-order valence-corrected chi connectivity index (χ4v) is 3.54. The largest absolute Gasteiger partial charge is 0.391 e. The summed E-state index contributed by atoms with van der Waals surface area (Å²) in [5.74, 6) is 0. The van der Waals surface area contributed by atoms with Gasteiger partial charge in [-0.1, -0.05) is 65.2 Å². The molecule has 0 rings (SSSR count). The molecule has 120 valence electrons. The van der Waals surface area contributed by atoms with Gasteiger partial charge in [0.15, 0.2) is 0 Å². The number of hydrogen-bond donors (Lipinski definition) is 0. The van der Waals surface area contributed by atoms with Crippen molar-refractivity contribution in [3.63, 3.8) is 0 Å². The van der Waals surface area contributed by atoms with Gasteiger partial charge in [0.1, 0.15) is 0 Å². The van der Waals surface area contributed by atoms with Crippen LogP contribution < -0.4 is 0 Å². The molecule has 0 N–H and O–H groups in total. The van der Waals surface area contributed by atoms with Gasteiger partial charge in [-0.3, -0.25) is 0 Å². The second-order valence-corrected chi connectivity index (χ2v) is 8.76. The Bertz CT molecular complexity index is 221. The van der Waals surface area contributed by atoms with Crippen molar-refractivity contribution in [1.29, 1.82) is 0 Å². The molecular weight excluding hydrogens is 264 g/mol. The summed E-state index contributed by atoms with van der Waals surface area (Å²) < 4.78 is 12.0. The molecule has 0 aromatic carbocycles. The minimum Gasteiger partial charge on any atom is -0.391 e. The third-order valence-corrected chi connectivity index (χ3v) is 5.94. The van der Waals surface area contributed by atoms with Gasteiger partial charge in [-0.15, -0.1) is 6.58 Å². The molecule has 0 aliphatic rings. The third kappa shape index (κ3) is 11.7. The van der Waals surface area contributed by atoms with Crippen molar-refractivity contribution in [3.05, 3.63) is 12.3 Å². The fourth-order valence-electron chi connectivity index (χ4n) is 2.12. The number of hydrogen-bond acceptors (Lipinski definition) is 2. The van der Waals surface area contributed by atoms with Crippen molar-refractivity contribution < 1.29 is 8.85 Å². The van der Waals surface area contributed by atoms with Crippen LogP contribution >= 0.6 is 0 Å². The SMILES string of the molecule is C=C[Si](C)(OCCCCCC)OCCCCCCCC. The summed E-state index contributed by atoms with van der Waals surface area (Å²) in [6, 6.07) is 0. The molecule has 0 aromatic heterocycles. The van der Waals surface area contributed by atoms with Gasteiger partial charge in [0.05, 0.1) is 0 Å². The van der Waals surface area contributed by atoms with Gasteiger partial charge in [-0.2, -0.15) is 0 Å². The van der Waals surface area contributed by atoms with Gasteiger partial charge in [0.25, 0.3) is 0 Å². The second-order valence-electron chi connectivity index (χ2n) is 5.75. The van der Waals surface area contributed by atoms with Crippen molar-refractivity contribution in [3.8, 4) is 0 Å². The molecule has 0 saturated heterocycles. The van der Waals surface area contributed by atoms with Gasteiger partial charge in [0, 0.05) is 13.2 Å². The summed E-state index contributed by atoms with van der Waals surface area (Å²) in [5.41, 5.74) is 1.92. The summed E-state index contributed by atoms with van der Waals surface area (Å²) in [5, 5.41) is 0. The smallest absolute Gasteiger partial charge is 0.361 e. The summed E-state index contributed by atoms with van der Waals surface area (Å²) in [6.45, 7) is 12.1. The van der Waals surface area contributed by atoms with E-state index < -0.39 is 8.56 Å². The van der Waals surface area contributed by atoms with Crippen molar-refractivity contribution >= 4 is 8.56 Å². The molecule has 0 bridgehead atoms. The lowest BCUT2D eigenvalue weighted by atomic mass is 10.1. The second kappa shape index (κ2) is 13.8. The standard InChI is InChI=1S/C17H36O2Si/c1-5-8-10-12-13-15-17-19-20(4,7-3)18-16-14-11-9-6-2/h7H,3,5-6,8-17H2,1-2,4H3. The van der Waals surface area contributed by atoms with Crippen LogP contribution in [0.4, 0.5) is 0 Å². The van der Waals surface area contributed by atoms with Crippen LogP contribution in [0.25, 0.3) is 0 Å². The van der Waals surface area contributed by atoms with Gasteiger partial charge in [-0.05, 0) is 25.1 Å². The maximum Gasteiger partial charge on any atom is 0.361 e. The first kappa shape index (κ1) is 19.9. The molecule has 0 aliphatic carbocycles. The molecule has 20 heavy (non-hydrogen) atoms. The summed E-state index contributed by atoms with van der Waals surface area (Å²) in [7, 11) is -2.10. The van der Waals surface area contributed by atoms with E-state index >= 15 is 0 Å². The van der Waals surface area contributed by atoms with E-state index in [1.807, 2.05) is 5.70 Å². The van der Waals surface area contributed by atoms with Crippen molar-refractivity contribution in [1.82, 2.24) is 0 Å². The van der Waals surface area contributed by atoms with E-state index in [1.165, 1.54) is 51.4 Å². The van der Waals surface area contributed by atoms with E-state index in [2.05, 4.69) is 27.0 Å². The van der Waals surface area contributed by atoms with Crippen LogP contribution in [0.1, 0.15) is 78.1 Å². The van der Waals surface area contributed by atoms with E-state index in [0.29, 0.717) is 0 Å². The Morgan fingerprint density at radius 1 is 0.750 bits per heavy atom. The average molecular weight is 301 g/mol. The molecule has 2 nitrogen and oxygen atoms in total. The van der Waals surface area contributed by atoms with Crippen LogP contribution in [-0.4, -0.2) is 21.8 Å². The predicted molar refractivity (Wildman–Crippen MR) is 91.2 cm³/mol. The van der Waals surface area contributed by atoms with Crippen LogP contribution in [0.3, 0.4) is 0 Å². The van der Waals surface area contributed by atoms with Gasteiger partial charge in [-0.25, -0.2) is 0 Å². The lowest BCUT2D eigenvalue weighted by molar-refractivity contribution is 0.177. The first-order chi connectivity index (χ1) is 9.68. The highest BCUT2D eigenvalue weighted by molar-refractivity contribution is 6.71. The maximum absolute atomic E-state index is 5.99. The average Bonchev–Trinajstić information content (AvgIpc) is 2.46. The van der Waals surface area contributed by atoms with Crippen LogP contribution in [0, 0.1) is 0 Å². The zero-order valence-corrected chi connectivity index (χ0v) is 15.1. The van der Waals surface area contributed by atoms with Gasteiger partial charge < -0.3 is 8.85 Å². The zero-order chi connectivity index (χ0) is 15.1. The lowest BCUT2D eigenvalue weighted by Gasteiger charge is -2.23. The molecule has 0 aliphatic heterocycles. The third-order valence-electron chi connectivity index (χ3n) is 3.64. The number of rotatable bonds is 15. The summed E-state index contributed by atoms with van der Waals surface area (Å²) in [6.07, 6.45) is 12.8. The summed E-state index contributed by atoms with van der Waals surface area (Å²) in [4.78, 5) is 0. The Hall–Kier alpha value is -0.123. The Morgan fingerprint density at radius 2 is 1.15 bits per heavy atom. The van der Waals surface area contributed by atoms with Crippen LogP contribution in [-0.2, 0) is 8.85 Å². The highest BCUT2D eigenvalue weighted by Crippen LogP contribution is 2.12. The van der Waals surface area contributed by atoms with Crippen LogP contribution in [0.15, 0.2) is 12.3 Å². The number of unbranched alkanes of at least 4 members (excludes halogenated alkanes) is 8. The lowest BCUT2D eigenvalue weighted by Crippen LogP contribution is -2.37. The highest BCUT2D eigenvalue weighted by Gasteiger charge is 2.26. The van der Waals surface area contributed by atoms with E-state index in [-0.39, 0.29) is 0 Å². The Morgan fingerprint density at radius 3 is 1.60 bits per heavy atom. The molecule has 1 unspecified atom stereocenters. The minimum absolute atomic E-state index is 0.825. The summed E-state index contributed by atoms with van der Waals surface area (Å²) >= 11 is 0. The van der Waals surface area contributed by atoms with E-state index in [1.54, 1.807) is 0 Å². The van der Waals surface area contributed by atoms with Crippen molar-refractivity contribution in [2.75, 3.05) is 13.2 Å². The van der Waals surface area contributed by atoms with Crippen molar-refractivity contribution in [2.24, 2.45) is 0 Å². The molecule has 0 aromatic rings. The Labute approximate surface area is 128 Å². The van der Waals surface area contributed by atoms with E-state index in [9.17, 15) is 0 Å². The molecule has 0 fully saturated rings. The van der Waals surface area contributed by atoms with Gasteiger partial charge in [0.2, 0.25) is 0 Å². The highest BCUT2D eigenvalue weighted by atomic mass is 28.4. The Kier molecular flexibility index (Phi) is 13.8. The first-order valence-corrected chi connectivity index (χ1v) is 11.0. The first-order valence-electron chi connectivity index (χ1n) is 8.60. The minimum atomic E-state index is -2.10. The molecular formula is C17H36O2Si. The van der Waals surface area contributed by atoms with Gasteiger partial charge >= 0.3 is 8.56 Å². The molecule has 0 spiro atoms. The molecule has 0 radical (unpaired) electrons. The predicted octanol–water partition coefficient (Wildman–Crippen LogP) is 5.76.